The summed E-state index contributed by atoms with van der Waals surface area (Å²) in [7, 11) is 0. The van der Waals surface area contributed by atoms with Crippen molar-refractivity contribution in [2.45, 2.75) is 46.7 Å². The van der Waals surface area contributed by atoms with Gasteiger partial charge in [0.1, 0.15) is 0 Å². The van der Waals surface area contributed by atoms with Crippen LogP contribution in [0.1, 0.15) is 44.6 Å². The van der Waals surface area contributed by atoms with Gasteiger partial charge in [0.25, 0.3) is 0 Å². The van der Waals surface area contributed by atoms with Gasteiger partial charge in [0, 0.05) is 24.5 Å². The summed E-state index contributed by atoms with van der Waals surface area (Å²) in [5.74, 6) is 0. The number of aliphatic imine (C=N–C) groups is 2. The van der Waals surface area contributed by atoms with E-state index in [4.69, 9.17) is 0 Å². The number of hydrogen-bond donors (Lipinski definition) is 0. The summed E-state index contributed by atoms with van der Waals surface area (Å²) >= 11 is 0. The fourth-order valence-corrected chi connectivity index (χ4v) is 1.30. The molecule has 1 aromatic heterocycles. The van der Waals surface area contributed by atoms with E-state index >= 15 is 0 Å². The average molecular weight is 397 g/mol. The summed E-state index contributed by atoms with van der Waals surface area (Å²) in [6, 6.07) is 4.65. The SMILES string of the molecule is Cc1cc(C=NC(C)C)nc(C=NC(C)C)c1.[Cl-].[Cl-].[Cl-].[Co+3]. The van der Waals surface area contributed by atoms with Crippen molar-refractivity contribution in [3.63, 3.8) is 0 Å². The van der Waals surface area contributed by atoms with Gasteiger partial charge in [-0.15, -0.1) is 0 Å². The van der Waals surface area contributed by atoms with Crippen LogP contribution in [-0.2, 0) is 16.8 Å². The van der Waals surface area contributed by atoms with Crippen molar-refractivity contribution in [2.24, 2.45) is 9.98 Å². The van der Waals surface area contributed by atoms with Crippen molar-refractivity contribution in [2.75, 3.05) is 0 Å². The van der Waals surface area contributed by atoms with Gasteiger partial charge in [0.15, 0.2) is 0 Å². The molecule has 0 aliphatic rings. The third kappa shape index (κ3) is 13.3. The summed E-state index contributed by atoms with van der Waals surface area (Å²) in [5, 5.41) is 0. The van der Waals surface area contributed by atoms with E-state index in [1.54, 1.807) is 0 Å². The fraction of sp³-hybridized carbons (Fsp3) is 0.500. The quantitative estimate of drug-likeness (QED) is 0.467. The molecule has 0 saturated carbocycles. The minimum Gasteiger partial charge on any atom is -1.00 e. The maximum Gasteiger partial charge on any atom is 3.00 e. The summed E-state index contributed by atoms with van der Waals surface area (Å²) < 4.78 is 0. The van der Waals surface area contributed by atoms with Crippen LogP contribution in [0.25, 0.3) is 0 Å². The topological polar surface area (TPSA) is 37.6 Å². The zero-order chi connectivity index (χ0) is 12.8. The minimum absolute atomic E-state index is 0. The molecular weight excluding hydrogens is 375 g/mol. The van der Waals surface area contributed by atoms with Gasteiger partial charge < -0.3 is 37.2 Å². The van der Waals surface area contributed by atoms with E-state index < -0.39 is 0 Å². The summed E-state index contributed by atoms with van der Waals surface area (Å²) in [4.78, 5) is 13.2. The van der Waals surface area contributed by atoms with E-state index in [1.807, 2.05) is 52.3 Å². The summed E-state index contributed by atoms with van der Waals surface area (Å²) in [6.07, 6.45) is 3.65. The Morgan fingerprint density at radius 1 is 0.857 bits per heavy atom. The standard InChI is InChI=1S/C14H21N3.3ClH.Co/c1-10(2)15-8-13-6-12(5)7-14(17-13)9-16-11(3)4;;;;/h6-11H,1-5H3;3*1H;/q;;;;+3/p-3. The second kappa shape index (κ2) is 14.8. The Kier molecular flexibility index (Phi) is 20.4. The van der Waals surface area contributed by atoms with Crippen molar-refractivity contribution >= 4 is 12.4 Å². The molecule has 122 valence electrons. The monoisotopic (exact) mass is 395 g/mol. The van der Waals surface area contributed by atoms with Crippen LogP contribution in [0.15, 0.2) is 22.1 Å². The van der Waals surface area contributed by atoms with Gasteiger partial charge >= 0.3 is 16.8 Å². The molecule has 0 N–H and O–H groups in total. The molecule has 1 rings (SSSR count). The molecule has 21 heavy (non-hydrogen) atoms. The molecule has 0 radical (unpaired) electrons. The molecule has 7 heteroatoms. The van der Waals surface area contributed by atoms with Gasteiger partial charge in [-0.25, -0.2) is 4.98 Å². The maximum atomic E-state index is 4.48. The Hall–Kier alpha value is -0.134. The first-order valence-corrected chi connectivity index (χ1v) is 6.02. The number of aromatic nitrogens is 1. The predicted octanol–water partition coefficient (Wildman–Crippen LogP) is -5.95. The molecule has 0 bridgehead atoms. The third-order valence-electron chi connectivity index (χ3n) is 2.02. The molecule has 0 amide bonds. The molecule has 1 heterocycles. The number of hydrogen-bond acceptors (Lipinski definition) is 3. The first-order valence-electron chi connectivity index (χ1n) is 6.02. The number of pyridine rings is 1. The second-order valence-electron chi connectivity index (χ2n) is 4.74. The molecule has 0 aliphatic carbocycles. The number of aryl methyl sites for hydroxylation is 1. The van der Waals surface area contributed by atoms with Crippen LogP contribution in [0.2, 0.25) is 0 Å². The van der Waals surface area contributed by atoms with Gasteiger partial charge in [-0.3, -0.25) is 9.98 Å². The zero-order valence-electron chi connectivity index (χ0n) is 12.8. The van der Waals surface area contributed by atoms with Crippen LogP contribution in [0.4, 0.5) is 0 Å². The van der Waals surface area contributed by atoms with Crippen molar-refractivity contribution < 1.29 is 54.0 Å². The van der Waals surface area contributed by atoms with Gasteiger partial charge in [-0.05, 0) is 52.3 Å². The average Bonchev–Trinajstić information content (AvgIpc) is 2.23. The van der Waals surface area contributed by atoms with Crippen LogP contribution in [0.5, 0.6) is 0 Å². The van der Waals surface area contributed by atoms with Gasteiger partial charge in [0.05, 0.1) is 11.4 Å². The third-order valence-corrected chi connectivity index (χ3v) is 2.02. The Morgan fingerprint density at radius 2 is 1.19 bits per heavy atom. The largest absolute Gasteiger partial charge is 3.00 e. The molecule has 0 atom stereocenters. The van der Waals surface area contributed by atoms with Gasteiger partial charge in [-0.2, -0.15) is 0 Å². The Morgan fingerprint density at radius 3 is 1.48 bits per heavy atom. The van der Waals surface area contributed by atoms with E-state index in [0.29, 0.717) is 12.1 Å². The predicted molar refractivity (Wildman–Crippen MR) is 74.4 cm³/mol. The van der Waals surface area contributed by atoms with E-state index in [2.05, 4.69) is 21.9 Å². The molecule has 0 aliphatic heterocycles. The van der Waals surface area contributed by atoms with Gasteiger partial charge in [-0.1, -0.05) is 0 Å². The van der Waals surface area contributed by atoms with E-state index in [0.717, 1.165) is 11.4 Å². The van der Waals surface area contributed by atoms with Crippen LogP contribution in [0, 0.1) is 6.92 Å². The smallest absolute Gasteiger partial charge is 1.00 e. The Labute approximate surface area is 157 Å². The first-order chi connectivity index (χ1) is 7.97. The molecular formula is C14H21Cl3CoN3. The molecule has 3 nitrogen and oxygen atoms in total. The molecule has 0 unspecified atom stereocenters. The van der Waals surface area contributed by atoms with Crippen LogP contribution in [0.3, 0.4) is 0 Å². The minimum atomic E-state index is 0. The molecule has 0 aromatic carbocycles. The van der Waals surface area contributed by atoms with Gasteiger partial charge in [0.2, 0.25) is 0 Å². The number of halogens is 3. The maximum absolute atomic E-state index is 4.48. The van der Waals surface area contributed by atoms with Crippen LogP contribution < -0.4 is 37.2 Å². The van der Waals surface area contributed by atoms with Crippen molar-refractivity contribution in [1.29, 1.82) is 0 Å². The summed E-state index contributed by atoms with van der Waals surface area (Å²) in [6.45, 7) is 10.3. The first kappa shape index (κ1) is 28.9. The van der Waals surface area contributed by atoms with E-state index in [9.17, 15) is 0 Å². The molecule has 0 fully saturated rings. The van der Waals surface area contributed by atoms with E-state index in [-0.39, 0.29) is 54.0 Å². The normalized spacial score (nSPS) is 10.0. The molecule has 0 spiro atoms. The van der Waals surface area contributed by atoms with Crippen LogP contribution in [-0.4, -0.2) is 29.5 Å². The zero-order valence-corrected chi connectivity index (χ0v) is 16.1. The number of nitrogens with zero attached hydrogens (tertiary/aromatic N) is 3. The molecule has 1 aromatic rings. The van der Waals surface area contributed by atoms with E-state index in [1.165, 1.54) is 5.56 Å². The Balaban J connectivity index is -0.000000361. The van der Waals surface area contributed by atoms with Crippen molar-refractivity contribution in [3.8, 4) is 0 Å². The van der Waals surface area contributed by atoms with Crippen molar-refractivity contribution in [3.05, 3.63) is 29.1 Å². The number of rotatable bonds is 4. The summed E-state index contributed by atoms with van der Waals surface area (Å²) in [5.41, 5.74) is 2.96. The van der Waals surface area contributed by atoms with Crippen LogP contribution >= 0.6 is 0 Å². The fourth-order valence-electron chi connectivity index (χ4n) is 1.30. The second-order valence-corrected chi connectivity index (χ2v) is 4.74. The molecule has 0 saturated heterocycles. The Bertz CT molecular complexity index is 399. The van der Waals surface area contributed by atoms with Crippen molar-refractivity contribution in [1.82, 2.24) is 4.98 Å².